The van der Waals surface area contributed by atoms with Gasteiger partial charge in [0.05, 0.1) is 18.4 Å². The Bertz CT molecular complexity index is 1710. The second-order valence-electron chi connectivity index (χ2n) is 15.0. The van der Waals surface area contributed by atoms with Gasteiger partial charge in [-0.3, -0.25) is 24.0 Å². The smallest absolute Gasteiger partial charge is 0.410 e. The fourth-order valence-electron chi connectivity index (χ4n) is 8.24. The molecule has 4 bridgehead atoms. The number of carbonyl (C=O) groups excluding carboxylic acids is 5. The maximum atomic E-state index is 14.5. The Kier molecular flexibility index (Phi) is 9.76. The van der Waals surface area contributed by atoms with Crippen molar-refractivity contribution in [2.45, 2.75) is 119 Å². The number of carbonyl (C=O) groups is 5. The molecule has 3 heterocycles. The fourth-order valence-corrected chi connectivity index (χ4v) is 9.61. The zero-order chi connectivity index (χ0) is 35.9. The van der Waals surface area contributed by atoms with E-state index in [1.54, 1.807) is 4.90 Å². The van der Waals surface area contributed by atoms with Crippen LogP contribution in [-0.4, -0.2) is 90.3 Å². The molecule has 5 atom stereocenters. The van der Waals surface area contributed by atoms with Crippen LogP contribution in [0.4, 0.5) is 9.59 Å². The van der Waals surface area contributed by atoms with E-state index in [0.29, 0.717) is 45.2 Å². The van der Waals surface area contributed by atoms with E-state index in [1.807, 2.05) is 12.1 Å². The van der Waals surface area contributed by atoms with E-state index < -0.39 is 74.8 Å². The van der Waals surface area contributed by atoms with Gasteiger partial charge in [-0.25, -0.2) is 18.0 Å². The van der Waals surface area contributed by atoms with Gasteiger partial charge in [-0.15, -0.1) is 6.58 Å². The maximum Gasteiger partial charge on any atom is 0.410 e. The lowest BCUT2D eigenvalue weighted by atomic mass is 9.96. The molecule has 1 aromatic rings. The van der Waals surface area contributed by atoms with Crippen LogP contribution in [0.3, 0.4) is 0 Å². The molecule has 51 heavy (non-hydrogen) atoms. The van der Waals surface area contributed by atoms with Gasteiger partial charge in [0.2, 0.25) is 21.8 Å². The van der Waals surface area contributed by atoms with E-state index in [0.717, 1.165) is 48.8 Å². The molecule has 3 N–H and O–H groups in total. The summed E-state index contributed by atoms with van der Waals surface area (Å²) >= 11 is 0. The first kappa shape index (κ1) is 35.3. The van der Waals surface area contributed by atoms with E-state index in [4.69, 9.17) is 9.47 Å². The van der Waals surface area contributed by atoms with Crippen LogP contribution in [0.15, 0.2) is 30.9 Å². The first-order valence-electron chi connectivity index (χ1n) is 18.3. The highest BCUT2D eigenvalue weighted by molar-refractivity contribution is 7.91. The van der Waals surface area contributed by atoms with Crippen molar-refractivity contribution in [1.29, 1.82) is 0 Å². The fraction of sp³-hybridized carbons (Fsp3) is 0.639. The van der Waals surface area contributed by atoms with Gasteiger partial charge in [0.25, 0.3) is 5.91 Å². The van der Waals surface area contributed by atoms with Crippen molar-refractivity contribution in [3.8, 4) is 0 Å². The predicted octanol–water partition coefficient (Wildman–Crippen LogP) is 2.79. The standard InChI is InChI=1S/C36H47N5O9S/c1-2-25-18-36(25,33(44)39-51(47,48)27-14-15-27)38-31(42)29-17-26-20-41(29)32(43)30(23-10-5-6-11-23)37-34(45)49-16-7-3-4-9-22-12-8-13-24-19-40(21-28(22)24)35(46)50-26/h2,8,12-13,23,25-27,29-30H,1,3-7,9-11,14-21H2,(H,37,45)(H,38,42)(H,39,44)/t25-,26+,29-,30-,36+/m0/s1. The summed E-state index contributed by atoms with van der Waals surface area (Å²) in [6.07, 6.45) is 6.78. The molecule has 0 unspecified atom stereocenters. The normalized spacial score (nSPS) is 30.3. The minimum absolute atomic E-state index is 0.0476. The number of ether oxygens (including phenoxy) is 2. The molecule has 0 spiro atoms. The Hall–Kier alpha value is -4.14. The van der Waals surface area contributed by atoms with Crippen LogP contribution in [-0.2, 0) is 53.4 Å². The lowest BCUT2D eigenvalue weighted by Gasteiger charge is -2.32. The topological polar surface area (TPSA) is 181 Å². The van der Waals surface area contributed by atoms with Crippen molar-refractivity contribution in [2.75, 3.05) is 13.2 Å². The molecule has 7 rings (SSSR count). The molecule has 3 aliphatic carbocycles. The molecule has 3 saturated carbocycles. The quantitative estimate of drug-likeness (QED) is 0.357. The first-order valence-corrected chi connectivity index (χ1v) is 19.8. The number of rotatable bonds is 7. The van der Waals surface area contributed by atoms with Crippen LogP contribution in [0.25, 0.3) is 0 Å². The van der Waals surface area contributed by atoms with Crippen molar-refractivity contribution in [1.82, 2.24) is 25.2 Å². The number of hydrogen-bond acceptors (Lipinski definition) is 9. The van der Waals surface area contributed by atoms with Gasteiger partial charge < -0.3 is 25.0 Å². The third-order valence-corrected chi connectivity index (χ3v) is 13.3. The molecule has 15 heteroatoms. The molecule has 5 amide bonds. The highest BCUT2D eigenvalue weighted by Crippen LogP contribution is 2.45. The molecule has 1 saturated heterocycles. The van der Waals surface area contributed by atoms with E-state index in [1.165, 1.54) is 11.0 Å². The highest BCUT2D eigenvalue weighted by atomic mass is 32.2. The van der Waals surface area contributed by atoms with Gasteiger partial charge in [0.15, 0.2) is 0 Å². The number of amides is 5. The van der Waals surface area contributed by atoms with Crippen molar-refractivity contribution in [2.24, 2.45) is 11.8 Å². The van der Waals surface area contributed by atoms with Crippen LogP contribution in [0.1, 0.15) is 87.3 Å². The third-order valence-electron chi connectivity index (χ3n) is 11.4. The van der Waals surface area contributed by atoms with Crippen molar-refractivity contribution >= 4 is 39.9 Å². The second-order valence-corrected chi connectivity index (χ2v) is 16.9. The van der Waals surface area contributed by atoms with E-state index in [-0.39, 0.29) is 31.9 Å². The minimum atomic E-state index is -3.89. The zero-order valence-electron chi connectivity index (χ0n) is 28.8. The maximum absolute atomic E-state index is 14.5. The number of sulfonamides is 1. The van der Waals surface area contributed by atoms with Crippen LogP contribution < -0.4 is 15.4 Å². The summed E-state index contributed by atoms with van der Waals surface area (Å²) < 4.78 is 39.0. The van der Waals surface area contributed by atoms with Gasteiger partial charge in [0.1, 0.15) is 23.7 Å². The Balaban J connectivity index is 1.15. The lowest BCUT2D eigenvalue weighted by molar-refractivity contribution is -0.142. The number of alkyl carbamates (subject to hydrolysis) is 1. The minimum Gasteiger partial charge on any atom is -0.450 e. The predicted molar refractivity (Wildman–Crippen MR) is 183 cm³/mol. The van der Waals surface area contributed by atoms with Crippen LogP contribution in [0, 0.1) is 11.8 Å². The monoisotopic (exact) mass is 725 g/mol. The molecule has 6 aliphatic rings. The summed E-state index contributed by atoms with van der Waals surface area (Å²) in [6, 6.07) is 3.91. The number of nitrogens with one attached hydrogen (secondary N) is 3. The summed E-state index contributed by atoms with van der Waals surface area (Å²) in [5, 5.41) is 4.92. The lowest BCUT2D eigenvalue weighted by Crippen LogP contribution is -2.59. The largest absolute Gasteiger partial charge is 0.450 e. The second kappa shape index (κ2) is 14.1. The summed E-state index contributed by atoms with van der Waals surface area (Å²) in [4.78, 5) is 71.7. The van der Waals surface area contributed by atoms with Crippen molar-refractivity contribution in [3.63, 3.8) is 0 Å². The van der Waals surface area contributed by atoms with Crippen molar-refractivity contribution in [3.05, 3.63) is 47.5 Å². The number of hydrogen-bond donors (Lipinski definition) is 3. The van der Waals surface area contributed by atoms with E-state index >= 15 is 0 Å². The van der Waals surface area contributed by atoms with E-state index in [2.05, 4.69) is 28.0 Å². The average molecular weight is 726 g/mol. The van der Waals surface area contributed by atoms with Crippen LogP contribution in [0.5, 0.6) is 0 Å². The Morgan fingerprint density at radius 2 is 1.76 bits per heavy atom. The van der Waals surface area contributed by atoms with Crippen molar-refractivity contribution < 1.29 is 41.9 Å². The van der Waals surface area contributed by atoms with Crippen LogP contribution >= 0.6 is 0 Å². The molecule has 276 valence electrons. The summed E-state index contributed by atoms with van der Waals surface area (Å²) in [6.45, 7) is 4.63. The van der Waals surface area contributed by atoms with Gasteiger partial charge in [0, 0.05) is 25.4 Å². The Morgan fingerprint density at radius 3 is 2.49 bits per heavy atom. The molecule has 14 nitrogen and oxygen atoms in total. The molecule has 0 radical (unpaired) electrons. The summed E-state index contributed by atoms with van der Waals surface area (Å²) in [5.74, 6) is -2.73. The average Bonchev–Trinajstić information content (AvgIpc) is 3.88. The molecular formula is C36H47N5O9S. The van der Waals surface area contributed by atoms with Gasteiger partial charge in [-0.1, -0.05) is 37.1 Å². The molecular weight excluding hydrogens is 678 g/mol. The highest BCUT2D eigenvalue weighted by Gasteiger charge is 2.62. The number of fused-ring (bicyclic) bond motifs is 3. The zero-order valence-corrected chi connectivity index (χ0v) is 29.6. The molecule has 1 aromatic carbocycles. The number of aryl methyl sites for hydroxylation is 1. The summed E-state index contributed by atoms with van der Waals surface area (Å²) in [7, 11) is -3.89. The SMILES string of the molecule is C=C[C@H]1C[C@]1(NC(=O)[C@@H]1C[C@@H]2CN1C(=O)[C@H](C1CCCC1)NC(=O)OCCCCCc1cccc3c1CN(C3)C(=O)O2)C(=O)NS(=O)(=O)C1CC1. The number of cyclic esters (lactones) is 1. The number of nitrogens with zero attached hydrogens (tertiary/aromatic N) is 2. The van der Waals surface area contributed by atoms with E-state index in [9.17, 15) is 32.4 Å². The van der Waals surface area contributed by atoms with Gasteiger partial charge in [-0.2, -0.15) is 0 Å². The molecule has 4 fully saturated rings. The Morgan fingerprint density at radius 1 is 1.00 bits per heavy atom. The molecule has 0 aromatic heterocycles. The third kappa shape index (κ3) is 7.31. The Labute approximate surface area is 298 Å². The van der Waals surface area contributed by atoms with Crippen LogP contribution in [0.2, 0.25) is 0 Å². The molecule has 3 aliphatic heterocycles. The van der Waals surface area contributed by atoms with Gasteiger partial charge in [-0.05, 0) is 80.4 Å². The number of benzene rings is 1. The summed E-state index contributed by atoms with van der Waals surface area (Å²) in [5.41, 5.74) is 1.75. The first-order chi connectivity index (χ1) is 24.5. The van der Waals surface area contributed by atoms with Gasteiger partial charge >= 0.3 is 12.2 Å².